The van der Waals surface area contributed by atoms with Gasteiger partial charge in [0, 0.05) is 18.0 Å². The number of likely N-dealkylation sites (tertiary alicyclic amines) is 1. The third-order valence-electron chi connectivity index (χ3n) is 5.12. The maximum Gasteiger partial charge on any atom is 0.330 e. The molecule has 110 valence electrons. The highest BCUT2D eigenvalue weighted by molar-refractivity contribution is 5.83. The maximum absolute atomic E-state index is 12.6. The average Bonchev–Trinajstić information content (AvgIpc) is 2.75. The quantitative estimate of drug-likeness (QED) is 0.588. The van der Waals surface area contributed by atoms with Crippen molar-refractivity contribution in [3.05, 3.63) is 12.7 Å². The van der Waals surface area contributed by atoms with E-state index in [9.17, 15) is 9.59 Å². The third-order valence-corrected chi connectivity index (χ3v) is 5.12. The first-order valence-electron chi connectivity index (χ1n) is 7.86. The summed E-state index contributed by atoms with van der Waals surface area (Å²) in [6.45, 7) is 3.46. The van der Waals surface area contributed by atoms with Gasteiger partial charge in [0.1, 0.15) is 6.10 Å². The molecule has 3 rings (SSSR count). The van der Waals surface area contributed by atoms with Gasteiger partial charge < -0.3 is 9.64 Å². The predicted octanol–water partition coefficient (Wildman–Crippen LogP) is 2.43. The van der Waals surface area contributed by atoms with Crippen molar-refractivity contribution in [2.24, 2.45) is 5.92 Å². The lowest BCUT2D eigenvalue weighted by Crippen LogP contribution is -2.48. The standard InChI is InChI=1S/C16H23NO3/c1-2-15(18)20-14-9-8-11-10-13(14)17(16(11)19)12-6-4-3-5-7-12/h2,11-14H,1,3-10H2. The lowest BCUT2D eigenvalue weighted by Gasteiger charge is -2.38. The molecule has 0 aromatic carbocycles. The number of amides is 1. The molecule has 1 aliphatic heterocycles. The number of ether oxygens (including phenoxy) is 1. The number of fused-ring (bicyclic) bond motifs is 2. The van der Waals surface area contributed by atoms with Crippen LogP contribution in [-0.4, -0.2) is 35.0 Å². The Morgan fingerprint density at radius 1 is 1.20 bits per heavy atom. The van der Waals surface area contributed by atoms with Gasteiger partial charge in [0.2, 0.25) is 5.91 Å². The fourth-order valence-corrected chi connectivity index (χ4v) is 4.15. The molecule has 0 aromatic rings. The molecule has 0 radical (unpaired) electrons. The normalized spacial score (nSPS) is 34.1. The van der Waals surface area contributed by atoms with Crippen LogP contribution >= 0.6 is 0 Å². The molecule has 0 N–H and O–H groups in total. The molecule has 0 aromatic heterocycles. The Labute approximate surface area is 120 Å². The van der Waals surface area contributed by atoms with Gasteiger partial charge in [-0.2, -0.15) is 0 Å². The second-order valence-electron chi connectivity index (χ2n) is 6.29. The van der Waals surface area contributed by atoms with Crippen molar-refractivity contribution in [3.8, 4) is 0 Å². The molecule has 3 fully saturated rings. The van der Waals surface area contributed by atoms with E-state index in [1.54, 1.807) is 0 Å². The van der Waals surface area contributed by atoms with Crippen LogP contribution in [0.4, 0.5) is 0 Å². The monoisotopic (exact) mass is 277 g/mol. The summed E-state index contributed by atoms with van der Waals surface area (Å²) in [4.78, 5) is 26.1. The van der Waals surface area contributed by atoms with E-state index in [0.29, 0.717) is 11.9 Å². The molecule has 1 amide bonds. The second kappa shape index (κ2) is 5.58. The highest BCUT2D eigenvalue weighted by Crippen LogP contribution is 2.41. The Hall–Kier alpha value is -1.32. The summed E-state index contributed by atoms with van der Waals surface area (Å²) in [5.74, 6) is 0.107. The Morgan fingerprint density at radius 2 is 1.95 bits per heavy atom. The van der Waals surface area contributed by atoms with Crippen molar-refractivity contribution in [2.45, 2.75) is 69.6 Å². The number of esters is 1. The summed E-state index contributed by atoms with van der Waals surface area (Å²) in [6.07, 6.45) is 9.53. The van der Waals surface area contributed by atoms with Crippen LogP contribution in [0.15, 0.2) is 12.7 Å². The van der Waals surface area contributed by atoms with Gasteiger partial charge in [-0.05, 0) is 32.1 Å². The van der Waals surface area contributed by atoms with Crippen LogP contribution in [0.5, 0.6) is 0 Å². The van der Waals surface area contributed by atoms with Crippen LogP contribution in [0, 0.1) is 5.92 Å². The lowest BCUT2D eigenvalue weighted by molar-refractivity contribution is -0.149. The minimum Gasteiger partial charge on any atom is -0.457 e. The summed E-state index contributed by atoms with van der Waals surface area (Å²) in [5, 5.41) is 0. The van der Waals surface area contributed by atoms with Gasteiger partial charge in [-0.3, -0.25) is 4.79 Å². The molecule has 4 nitrogen and oxygen atoms in total. The number of rotatable bonds is 3. The van der Waals surface area contributed by atoms with Gasteiger partial charge >= 0.3 is 5.97 Å². The Bertz CT molecular complexity index is 414. The Kier molecular flexibility index (Phi) is 3.81. The highest BCUT2D eigenvalue weighted by Gasteiger charge is 2.50. The minimum atomic E-state index is -0.364. The number of carbonyl (C=O) groups is 2. The Morgan fingerprint density at radius 3 is 2.65 bits per heavy atom. The summed E-state index contributed by atoms with van der Waals surface area (Å²) < 4.78 is 5.49. The summed E-state index contributed by atoms with van der Waals surface area (Å²) in [6, 6.07) is 0.475. The van der Waals surface area contributed by atoms with Crippen molar-refractivity contribution in [2.75, 3.05) is 0 Å². The molecule has 20 heavy (non-hydrogen) atoms. The van der Waals surface area contributed by atoms with Gasteiger partial charge in [-0.25, -0.2) is 4.79 Å². The average molecular weight is 277 g/mol. The summed E-state index contributed by atoms with van der Waals surface area (Å²) in [7, 11) is 0. The molecule has 2 aliphatic carbocycles. The number of hydrogen-bond acceptors (Lipinski definition) is 3. The van der Waals surface area contributed by atoms with E-state index < -0.39 is 0 Å². The molecule has 3 aliphatic rings. The van der Waals surface area contributed by atoms with Crippen LogP contribution in [0.2, 0.25) is 0 Å². The lowest BCUT2D eigenvalue weighted by atomic mass is 9.87. The van der Waals surface area contributed by atoms with Crippen LogP contribution in [-0.2, 0) is 14.3 Å². The first kappa shape index (κ1) is 13.7. The van der Waals surface area contributed by atoms with Gasteiger partial charge in [-0.15, -0.1) is 0 Å². The predicted molar refractivity (Wildman–Crippen MR) is 74.9 cm³/mol. The van der Waals surface area contributed by atoms with E-state index in [1.807, 2.05) is 0 Å². The topological polar surface area (TPSA) is 46.6 Å². The maximum atomic E-state index is 12.6. The molecule has 3 atom stereocenters. The fourth-order valence-electron chi connectivity index (χ4n) is 4.15. The third kappa shape index (κ3) is 2.36. The van der Waals surface area contributed by atoms with E-state index in [1.165, 1.54) is 25.3 Å². The van der Waals surface area contributed by atoms with E-state index in [0.717, 1.165) is 32.1 Å². The molecular formula is C16H23NO3. The van der Waals surface area contributed by atoms with E-state index in [4.69, 9.17) is 4.74 Å². The van der Waals surface area contributed by atoms with Gasteiger partial charge in [0.25, 0.3) is 0 Å². The number of carbonyl (C=O) groups excluding carboxylic acids is 2. The molecule has 1 saturated heterocycles. The summed E-state index contributed by atoms with van der Waals surface area (Å²) >= 11 is 0. The zero-order valence-electron chi connectivity index (χ0n) is 11.9. The molecule has 3 unspecified atom stereocenters. The van der Waals surface area contributed by atoms with Crippen LogP contribution in [0.25, 0.3) is 0 Å². The molecule has 2 bridgehead atoms. The second-order valence-corrected chi connectivity index (χ2v) is 6.29. The molecule has 1 heterocycles. The molecule has 4 heteroatoms. The SMILES string of the molecule is C=CC(=O)OC1CCC2CC1N(C1CCCCC1)C2=O. The van der Waals surface area contributed by atoms with Crippen LogP contribution < -0.4 is 0 Å². The zero-order valence-corrected chi connectivity index (χ0v) is 11.9. The van der Waals surface area contributed by atoms with E-state index in [2.05, 4.69) is 11.5 Å². The van der Waals surface area contributed by atoms with Crippen molar-refractivity contribution in [3.63, 3.8) is 0 Å². The molecule has 2 saturated carbocycles. The highest BCUT2D eigenvalue weighted by atomic mass is 16.5. The first-order valence-corrected chi connectivity index (χ1v) is 7.86. The molecule has 0 spiro atoms. The number of nitrogens with zero attached hydrogens (tertiary/aromatic N) is 1. The van der Waals surface area contributed by atoms with E-state index >= 15 is 0 Å². The number of hydrogen-bond donors (Lipinski definition) is 0. The minimum absolute atomic E-state index is 0.105. The molecular weight excluding hydrogens is 254 g/mol. The van der Waals surface area contributed by atoms with Crippen LogP contribution in [0.3, 0.4) is 0 Å². The zero-order chi connectivity index (χ0) is 14.1. The van der Waals surface area contributed by atoms with Crippen molar-refractivity contribution in [1.82, 2.24) is 4.90 Å². The Balaban J connectivity index is 1.76. The smallest absolute Gasteiger partial charge is 0.330 e. The summed E-state index contributed by atoms with van der Waals surface area (Å²) in [5.41, 5.74) is 0. The largest absolute Gasteiger partial charge is 0.457 e. The van der Waals surface area contributed by atoms with Gasteiger partial charge in [-0.1, -0.05) is 25.8 Å². The van der Waals surface area contributed by atoms with Gasteiger partial charge in [0.15, 0.2) is 0 Å². The van der Waals surface area contributed by atoms with Crippen molar-refractivity contribution < 1.29 is 14.3 Å². The van der Waals surface area contributed by atoms with Crippen molar-refractivity contribution in [1.29, 1.82) is 0 Å². The van der Waals surface area contributed by atoms with Crippen molar-refractivity contribution >= 4 is 11.9 Å². The first-order chi connectivity index (χ1) is 9.70. The van der Waals surface area contributed by atoms with E-state index in [-0.39, 0.29) is 24.0 Å². The van der Waals surface area contributed by atoms with Crippen LogP contribution in [0.1, 0.15) is 51.4 Å². The fraction of sp³-hybridized carbons (Fsp3) is 0.750. The van der Waals surface area contributed by atoms with Gasteiger partial charge in [0.05, 0.1) is 6.04 Å².